The van der Waals surface area contributed by atoms with Crippen LogP contribution >= 0.6 is 15.9 Å². The summed E-state index contributed by atoms with van der Waals surface area (Å²) in [6.45, 7) is 1.63. The summed E-state index contributed by atoms with van der Waals surface area (Å²) < 4.78 is 27.4. The summed E-state index contributed by atoms with van der Waals surface area (Å²) in [5.74, 6) is -0.0132. The fraction of sp³-hybridized carbons (Fsp3) is 0.615. The molecule has 6 nitrogen and oxygen atoms in total. The molecular formula is C13H18BrN3O3S. The second-order valence-corrected chi connectivity index (χ2v) is 8.53. The van der Waals surface area contributed by atoms with Gasteiger partial charge in [-0.15, -0.1) is 0 Å². The molecule has 0 N–H and O–H groups in total. The molecule has 0 aromatic carbocycles. The van der Waals surface area contributed by atoms with Crippen molar-refractivity contribution >= 4 is 31.9 Å². The smallest absolute Gasteiger partial charge is 0.270 e. The molecule has 116 valence electrons. The predicted molar refractivity (Wildman–Crippen MR) is 82.7 cm³/mol. The quantitative estimate of drug-likeness (QED) is 0.799. The Morgan fingerprint density at radius 2 is 1.86 bits per heavy atom. The minimum Gasteiger partial charge on any atom is -0.339 e. The highest BCUT2D eigenvalue weighted by Crippen LogP contribution is 2.37. The van der Waals surface area contributed by atoms with Crippen molar-refractivity contribution in [2.24, 2.45) is 0 Å². The Hall–Kier alpha value is -0.860. The number of piperazine rings is 1. The van der Waals surface area contributed by atoms with Gasteiger partial charge in [0.2, 0.25) is 10.0 Å². The van der Waals surface area contributed by atoms with Gasteiger partial charge in [0.25, 0.3) is 5.91 Å². The summed E-state index contributed by atoms with van der Waals surface area (Å²) >= 11 is 3.43. The molecule has 3 rings (SSSR count). The maximum absolute atomic E-state index is 12.6. The average molecular weight is 376 g/mol. The van der Waals surface area contributed by atoms with E-state index >= 15 is 0 Å². The van der Waals surface area contributed by atoms with E-state index in [9.17, 15) is 13.2 Å². The van der Waals surface area contributed by atoms with Gasteiger partial charge in [-0.3, -0.25) is 4.79 Å². The van der Waals surface area contributed by atoms with Crippen LogP contribution in [0.25, 0.3) is 0 Å². The Kier molecular flexibility index (Phi) is 3.87. The first kappa shape index (κ1) is 15.1. The van der Waals surface area contributed by atoms with Crippen molar-refractivity contribution in [1.82, 2.24) is 13.8 Å². The molecule has 1 amide bonds. The maximum atomic E-state index is 12.6. The van der Waals surface area contributed by atoms with Gasteiger partial charge in [-0.05, 0) is 34.8 Å². The van der Waals surface area contributed by atoms with Crippen molar-refractivity contribution in [2.75, 3.05) is 32.4 Å². The molecule has 2 heterocycles. The number of nitrogens with zero attached hydrogens (tertiary/aromatic N) is 3. The highest BCUT2D eigenvalue weighted by Gasteiger charge is 2.31. The number of rotatable bonds is 3. The summed E-state index contributed by atoms with van der Waals surface area (Å²) in [7, 11) is -3.16. The Morgan fingerprint density at radius 3 is 2.38 bits per heavy atom. The highest BCUT2D eigenvalue weighted by molar-refractivity contribution is 9.10. The lowest BCUT2D eigenvalue weighted by atomic mass is 10.3. The summed E-state index contributed by atoms with van der Waals surface area (Å²) in [4.78, 5) is 14.4. The molecule has 1 aromatic rings. The number of hydrogen-bond donors (Lipinski definition) is 0. The zero-order valence-corrected chi connectivity index (χ0v) is 14.2. The number of carbonyl (C=O) groups excluding carboxylic acids is 1. The SMILES string of the molecule is CS(=O)(=O)N1CCN(C(=O)c2cc(Br)cn2C2CC2)CC1. The molecule has 0 unspecified atom stereocenters. The topological polar surface area (TPSA) is 62.6 Å². The fourth-order valence-electron chi connectivity index (χ4n) is 2.66. The van der Waals surface area contributed by atoms with E-state index in [0.717, 1.165) is 17.3 Å². The molecule has 1 saturated carbocycles. The Balaban J connectivity index is 1.72. The molecule has 0 radical (unpaired) electrons. The Morgan fingerprint density at radius 1 is 1.24 bits per heavy atom. The molecule has 1 aromatic heterocycles. The van der Waals surface area contributed by atoms with Gasteiger partial charge >= 0.3 is 0 Å². The van der Waals surface area contributed by atoms with Gasteiger partial charge in [-0.25, -0.2) is 8.42 Å². The fourth-order valence-corrected chi connectivity index (χ4v) is 3.92. The molecule has 0 atom stereocenters. The van der Waals surface area contributed by atoms with Crippen LogP contribution in [0.3, 0.4) is 0 Å². The zero-order valence-electron chi connectivity index (χ0n) is 11.8. The van der Waals surface area contributed by atoms with Crippen LogP contribution in [0.2, 0.25) is 0 Å². The van der Waals surface area contributed by atoms with Crippen molar-refractivity contribution in [3.05, 3.63) is 22.4 Å². The third-order valence-corrected chi connectivity index (χ3v) is 5.71. The third kappa shape index (κ3) is 3.17. The first-order valence-electron chi connectivity index (χ1n) is 6.98. The Bertz CT molecular complexity index is 658. The van der Waals surface area contributed by atoms with Crippen LogP contribution in [0.15, 0.2) is 16.7 Å². The van der Waals surface area contributed by atoms with E-state index in [1.807, 2.05) is 16.8 Å². The van der Waals surface area contributed by atoms with Gasteiger partial charge in [0.05, 0.1) is 6.26 Å². The molecular weight excluding hydrogens is 358 g/mol. The van der Waals surface area contributed by atoms with E-state index in [-0.39, 0.29) is 5.91 Å². The van der Waals surface area contributed by atoms with Crippen molar-refractivity contribution < 1.29 is 13.2 Å². The van der Waals surface area contributed by atoms with Crippen molar-refractivity contribution in [3.63, 3.8) is 0 Å². The second kappa shape index (κ2) is 5.40. The summed E-state index contributed by atoms with van der Waals surface area (Å²) in [6.07, 6.45) is 5.39. The molecule has 2 fully saturated rings. The van der Waals surface area contributed by atoms with E-state index in [0.29, 0.717) is 37.9 Å². The van der Waals surface area contributed by atoms with Crippen molar-refractivity contribution in [1.29, 1.82) is 0 Å². The van der Waals surface area contributed by atoms with E-state index in [2.05, 4.69) is 15.9 Å². The van der Waals surface area contributed by atoms with Crippen LogP contribution in [-0.4, -0.2) is 60.5 Å². The van der Waals surface area contributed by atoms with Crippen LogP contribution in [-0.2, 0) is 10.0 Å². The van der Waals surface area contributed by atoms with Gasteiger partial charge in [-0.2, -0.15) is 4.31 Å². The van der Waals surface area contributed by atoms with E-state index in [1.54, 1.807) is 4.90 Å². The van der Waals surface area contributed by atoms with Crippen LogP contribution in [0.1, 0.15) is 29.4 Å². The zero-order chi connectivity index (χ0) is 15.2. The van der Waals surface area contributed by atoms with Gasteiger partial charge < -0.3 is 9.47 Å². The predicted octanol–water partition coefficient (Wildman–Crippen LogP) is 1.30. The molecule has 2 aliphatic rings. The molecule has 1 aliphatic carbocycles. The third-order valence-electron chi connectivity index (χ3n) is 3.97. The van der Waals surface area contributed by atoms with Crippen LogP contribution in [0.5, 0.6) is 0 Å². The number of hydrogen-bond acceptors (Lipinski definition) is 3. The number of aromatic nitrogens is 1. The van der Waals surface area contributed by atoms with Gasteiger partial charge in [0.1, 0.15) is 5.69 Å². The Labute approximate surface area is 132 Å². The first-order valence-corrected chi connectivity index (χ1v) is 9.62. The minimum absolute atomic E-state index is 0.0132. The normalized spacial score (nSPS) is 20.8. The lowest BCUT2D eigenvalue weighted by Crippen LogP contribution is -2.50. The number of amides is 1. The summed E-state index contributed by atoms with van der Waals surface area (Å²) in [5, 5.41) is 0. The standard InChI is InChI=1S/C13H18BrN3O3S/c1-21(19,20)16-6-4-15(5-7-16)13(18)12-8-10(14)9-17(12)11-2-3-11/h8-9,11H,2-7H2,1H3. The minimum atomic E-state index is -3.16. The molecule has 0 bridgehead atoms. The maximum Gasteiger partial charge on any atom is 0.270 e. The summed E-state index contributed by atoms with van der Waals surface area (Å²) in [6, 6.07) is 2.29. The van der Waals surface area contributed by atoms with Crippen molar-refractivity contribution in [2.45, 2.75) is 18.9 Å². The number of carbonyl (C=O) groups is 1. The lowest BCUT2D eigenvalue weighted by Gasteiger charge is -2.33. The number of sulfonamides is 1. The monoisotopic (exact) mass is 375 g/mol. The molecule has 0 spiro atoms. The van der Waals surface area contributed by atoms with Crippen LogP contribution in [0.4, 0.5) is 0 Å². The van der Waals surface area contributed by atoms with Gasteiger partial charge in [0, 0.05) is 42.9 Å². The largest absolute Gasteiger partial charge is 0.339 e. The number of halogens is 1. The van der Waals surface area contributed by atoms with E-state index in [4.69, 9.17) is 0 Å². The molecule has 21 heavy (non-hydrogen) atoms. The molecule has 8 heteroatoms. The second-order valence-electron chi connectivity index (χ2n) is 5.64. The van der Waals surface area contributed by atoms with Crippen LogP contribution in [0, 0.1) is 0 Å². The molecule has 1 aliphatic heterocycles. The lowest BCUT2D eigenvalue weighted by molar-refractivity contribution is 0.0687. The first-order chi connectivity index (χ1) is 9.86. The highest BCUT2D eigenvalue weighted by atomic mass is 79.9. The average Bonchev–Trinajstić information content (AvgIpc) is 3.20. The van der Waals surface area contributed by atoms with Crippen molar-refractivity contribution in [3.8, 4) is 0 Å². The summed E-state index contributed by atoms with van der Waals surface area (Å²) in [5.41, 5.74) is 0.692. The van der Waals surface area contributed by atoms with Gasteiger partial charge in [0.15, 0.2) is 0 Å². The van der Waals surface area contributed by atoms with Crippen LogP contribution < -0.4 is 0 Å². The van der Waals surface area contributed by atoms with E-state index < -0.39 is 10.0 Å². The van der Waals surface area contributed by atoms with E-state index in [1.165, 1.54) is 10.6 Å². The molecule has 1 saturated heterocycles. The van der Waals surface area contributed by atoms with Gasteiger partial charge in [-0.1, -0.05) is 0 Å².